The molecule has 2 aliphatic heterocycles. The van der Waals surface area contributed by atoms with Gasteiger partial charge in [-0.2, -0.15) is 26.3 Å². The van der Waals surface area contributed by atoms with Crippen LogP contribution in [0.3, 0.4) is 0 Å². The molecule has 1 N–H and O–H groups in total. The first-order valence-corrected chi connectivity index (χ1v) is 14.8. The molecule has 2 aromatic carbocycles. The van der Waals surface area contributed by atoms with Gasteiger partial charge in [0.1, 0.15) is 17.7 Å². The standard InChI is InChI=1S/C32H28F7N3O5/c1-16-28(19-11-21(31(33,34)35)14-22(12-19)32(36,37)38)46-30(45)42(16)15-25-23(4-6-27(40-25)41-7-2-8-41)24-13-17(3-5-26(24)43)18-9-20(10-18)29(44)47-39/h3-6,11-14,16,18,20,28,43H,2,7-10,15H2,1H3/t16-,18?,20?,28-/m0/s1. The molecule has 1 aromatic heterocycles. The number of aromatic nitrogens is 1. The highest BCUT2D eigenvalue weighted by Gasteiger charge is 2.44. The SMILES string of the molecule is C[C@H]1[C@@H](c2cc(C(F)(F)F)cc(C(F)(F)F)c2)OC(=O)N1Cc1nc(N2CCC2)ccc1-c1cc(C2CC(C(=O)OF)C2)ccc1O. The zero-order chi connectivity index (χ0) is 33.8. The molecule has 1 aliphatic carbocycles. The van der Waals surface area contributed by atoms with Crippen molar-refractivity contribution in [1.29, 1.82) is 0 Å². The Balaban J connectivity index is 1.33. The predicted molar refractivity (Wildman–Crippen MR) is 152 cm³/mol. The largest absolute Gasteiger partial charge is 0.507 e. The number of halogens is 7. The van der Waals surface area contributed by atoms with Gasteiger partial charge in [0.2, 0.25) is 0 Å². The number of alkyl halides is 6. The number of carbonyl (C=O) groups is 2. The van der Waals surface area contributed by atoms with Crippen LogP contribution in [0.5, 0.6) is 5.75 Å². The third-order valence-electron chi connectivity index (χ3n) is 9.12. The van der Waals surface area contributed by atoms with Crippen molar-refractivity contribution >= 4 is 17.9 Å². The Labute approximate surface area is 263 Å². The number of aromatic hydroxyl groups is 1. The minimum absolute atomic E-state index is 0.0111. The van der Waals surface area contributed by atoms with Crippen LogP contribution in [0.15, 0.2) is 48.5 Å². The van der Waals surface area contributed by atoms with E-state index in [1.54, 1.807) is 24.3 Å². The quantitative estimate of drug-likeness (QED) is 0.258. The molecule has 8 nitrogen and oxygen atoms in total. The molecule has 3 aliphatic rings. The highest BCUT2D eigenvalue weighted by molar-refractivity contribution is 5.77. The number of amides is 1. The van der Waals surface area contributed by atoms with Crippen molar-refractivity contribution in [2.45, 2.75) is 63.1 Å². The van der Waals surface area contributed by atoms with E-state index in [1.165, 1.54) is 17.9 Å². The van der Waals surface area contributed by atoms with Gasteiger partial charge < -0.3 is 14.7 Å². The average molecular weight is 668 g/mol. The van der Waals surface area contributed by atoms with Crippen molar-refractivity contribution in [3.63, 3.8) is 0 Å². The van der Waals surface area contributed by atoms with Crippen LogP contribution in [0.25, 0.3) is 11.1 Å². The lowest BCUT2D eigenvalue weighted by Gasteiger charge is -2.33. The first-order chi connectivity index (χ1) is 22.1. The van der Waals surface area contributed by atoms with Crippen LogP contribution in [-0.4, -0.2) is 46.2 Å². The zero-order valence-electron chi connectivity index (χ0n) is 24.7. The maximum atomic E-state index is 13.6. The van der Waals surface area contributed by atoms with Crippen LogP contribution in [0.1, 0.15) is 66.2 Å². The summed E-state index contributed by atoms with van der Waals surface area (Å²) in [5.41, 5.74) is -1.67. The lowest BCUT2D eigenvalue weighted by molar-refractivity contribution is -0.192. The number of anilines is 1. The van der Waals surface area contributed by atoms with Gasteiger partial charge in [0.25, 0.3) is 0 Å². The Kier molecular flexibility index (Phi) is 8.20. The van der Waals surface area contributed by atoms with E-state index in [2.05, 4.69) is 4.94 Å². The number of hydrogen-bond acceptors (Lipinski definition) is 7. The van der Waals surface area contributed by atoms with Crippen molar-refractivity contribution in [2.75, 3.05) is 18.0 Å². The first-order valence-electron chi connectivity index (χ1n) is 14.8. The van der Waals surface area contributed by atoms with E-state index in [4.69, 9.17) is 9.72 Å². The summed E-state index contributed by atoms with van der Waals surface area (Å²) >= 11 is 0. The van der Waals surface area contributed by atoms with E-state index in [-0.39, 0.29) is 24.3 Å². The molecule has 2 saturated heterocycles. The summed E-state index contributed by atoms with van der Waals surface area (Å²) in [6.07, 6.45) is -10.9. The van der Waals surface area contributed by atoms with E-state index in [9.17, 15) is 45.6 Å². The number of hydrogen-bond donors (Lipinski definition) is 1. The third-order valence-corrected chi connectivity index (χ3v) is 9.12. The number of cyclic esters (lactones) is 1. The number of nitrogens with zero attached hydrogens (tertiary/aromatic N) is 3. The number of rotatable bonds is 7. The fourth-order valence-electron chi connectivity index (χ4n) is 6.21. The van der Waals surface area contributed by atoms with Gasteiger partial charge in [0.05, 0.1) is 35.3 Å². The summed E-state index contributed by atoms with van der Waals surface area (Å²) in [4.78, 5) is 35.9. The van der Waals surface area contributed by atoms with Crippen LogP contribution in [0.2, 0.25) is 0 Å². The highest BCUT2D eigenvalue weighted by atomic mass is 19.4. The maximum Gasteiger partial charge on any atom is 0.416 e. The minimum Gasteiger partial charge on any atom is -0.507 e. The van der Waals surface area contributed by atoms with E-state index < -0.39 is 59.2 Å². The monoisotopic (exact) mass is 667 g/mol. The van der Waals surface area contributed by atoms with Crippen LogP contribution >= 0.6 is 0 Å². The summed E-state index contributed by atoms with van der Waals surface area (Å²) in [6.45, 7) is 2.68. The first kappa shape index (κ1) is 32.4. The number of phenolic OH excluding ortho intramolecular Hbond substituents is 1. The fraction of sp³-hybridized carbons (Fsp3) is 0.406. The molecule has 2 atom stereocenters. The Bertz CT molecular complexity index is 1670. The van der Waals surface area contributed by atoms with Gasteiger partial charge in [-0.15, -0.1) is 0 Å². The van der Waals surface area contributed by atoms with E-state index in [0.29, 0.717) is 47.6 Å². The van der Waals surface area contributed by atoms with Crippen LogP contribution in [0.4, 0.5) is 41.5 Å². The second kappa shape index (κ2) is 11.9. The number of ether oxygens (including phenoxy) is 1. The second-order valence-corrected chi connectivity index (χ2v) is 12.1. The van der Waals surface area contributed by atoms with E-state index >= 15 is 0 Å². The fourth-order valence-corrected chi connectivity index (χ4v) is 6.21. The topological polar surface area (TPSA) is 92.2 Å². The molecule has 15 heteroatoms. The molecule has 6 rings (SSSR count). The molecule has 0 bridgehead atoms. The summed E-state index contributed by atoms with van der Waals surface area (Å²) in [7, 11) is 0. The Morgan fingerprint density at radius 3 is 2.19 bits per heavy atom. The van der Waals surface area contributed by atoms with Crippen molar-refractivity contribution < 1.29 is 55.2 Å². The normalized spacial score (nSPS) is 22.9. The third kappa shape index (κ3) is 6.26. The molecular formula is C32H28F7N3O5. The van der Waals surface area contributed by atoms with Crippen molar-refractivity contribution in [1.82, 2.24) is 9.88 Å². The molecule has 1 saturated carbocycles. The number of benzene rings is 2. The van der Waals surface area contributed by atoms with Crippen molar-refractivity contribution in [3.05, 3.63) is 76.5 Å². The molecule has 47 heavy (non-hydrogen) atoms. The van der Waals surface area contributed by atoms with E-state index in [1.807, 2.05) is 4.90 Å². The molecule has 250 valence electrons. The van der Waals surface area contributed by atoms with Gasteiger partial charge in [0, 0.05) is 28.7 Å². The average Bonchev–Trinajstić information content (AvgIpc) is 3.24. The molecule has 0 unspecified atom stereocenters. The highest BCUT2D eigenvalue weighted by Crippen LogP contribution is 2.46. The molecule has 0 spiro atoms. The molecule has 0 radical (unpaired) electrons. The number of pyridine rings is 1. The Hall–Kier alpha value is -4.56. The number of phenols is 1. The molecule has 3 aromatic rings. The molecule has 1 amide bonds. The number of carbonyl (C=O) groups excluding carboxylic acids is 2. The summed E-state index contributed by atoms with van der Waals surface area (Å²) < 4.78 is 99.1. The summed E-state index contributed by atoms with van der Waals surface area (Å²) in [5, 5.41) is 10.9. The lowest BCUT2D eigenvalue weighted by Crippen LogP contribution is -2.38. The smallest absolute Gasteiger partial charge is 0.416 e. The van der Waals surface area contributed by atoms with Crippen LogP contribution in [-0.2, 0) is 33.4 Å². The second-order valence-electron chi connectivity index (χ2n) is 12.1. The summed E-state index contributed by atoms with van der Waals surface area (Å²) in [5.74, 6) is -1.18. The van der Waals surface area contributed by atoms with Crippen molar-refractivity contribution in [3.8, 4) is 16.9 Å². The van der Waals surface area contributed by atoms with Crippen LogP contribution in [0, 0.1) is 5.92 Å². The molecule has 3 fully saturated rings. The maximum absolute atomic E-state index is 13.6. The molecule has 3 heterocycles. The van der Waals surface area contributed by atoms with Crippen molar-refractivity contribution in [2.24, 2.45) is 5.92 Å². The lowest BCUT2D eigenvalue weighted by atomic mass is 9.71. The minimum atomic E-state index is -5.08. The van der Waals surface area contributed by atoms with Crippen LogP contribution < -0.4 is 4.90 Å². The van der Waals surface area contributed by atoms with Gasteiger partial charge in [0.15, 0.2) is 0 Å². The van der Waals surface area contributed by atoms with Gasteiger partial charge in [-0.05, 0) is 85.7 Å². The van der Waals surface area contributed by atoms with Gasteiger partial charge in [-0.1, -0.05) is 6.07 Å². The van der Waals surface area contributed by atoms with Gasteiger partial charge >= 0.3 is 24.4 Å². The van der Waals surface area contributed by atoms with E-state index in [0.717, 1.165) is 25.1 Å². The summed E-state index contributed by atoms with van der Waals surface area (Å²) in [6, 6.07) is 8.41. The predicted octanol–water partition coefficient (Wildman–Crippen LogP) is 7.71. The Morgan fingerprint density at radius 2 is 1.62 bits per heavy atom. The molecular weight excluding hydrogens is 639 g/mol. The Morgan fingerprint density at radius 1 is 0.957 bits per heavy atom. The van der Waals surface area contributed by atoms with Gasteiger partial charge in [-0.25, -0.2) is 14.6 Å². The van der Waals surface area contributed by atoms with Gasteiger partial charge in [-0.3, -0.25) is 9.84 Å². The zero-order valence-corrected chi connectivity index (χ0v) is 24.7.